The summed E-state index contributed by atoms with van der Waals surface area (Å²) in [6.07, 6.45) is -5.38. The monoisotopic (exact) mass is 253 g/mol. The Bertz CT molecular complexity index is 442. The predicted molar refractivity (Wildman–Crippen MR) is 46.2 cm³/mol. The van der Waals surface area contributed by atoms with Gasteiger partial charge in [0.1, 0.15) is 0 Å². The van der Waals surface area contributed by atoms with E-state index < -0.39 is 35.3 Å². The van der Waals surface area contributed by atoms with E-state index in [2.05, 4.69) is 5.10 Å². The summed E-state index contributed by atoms with van der Waals surface area (Å²) in [6.45, 7) is 0. The fourth-order valence-corrected chi connectivity index (χ4v) is 1.12. The van der Waals surface area contributed by atoms with Crippen LogP contribution in [0.4, 0.5) is 19.0 Å². The lowest BCUT2D eigenvalue weighted by Crippen LogP contribution is -2.29. The first-order chi connectivity index (χ1) is 7.71. The number of alkyl halides is 3. The normalized spacial score (nSPS) is 13.4. The van der Waals surface area contributed by atoms with Gasteiger partial charge in [-0.2, -0.15) is 17.9 Å². The molecule has 7 nitrogen and oxygen atoms in total. The number of nitro groups is 1. The number of aliphatic carboxylic acids is 1. The van der Waals surface area contributed by atoms with Crippen molar-refractivity contribution in [2.24, 2.45) is 0 Å². The molecule has 17 heavy (non-hydrogen) atoms. The van der Waals surface area contributed by atoms with Crippen molar-refractivity contribution in [3.05, 3.63) is 22.4 Å². The molecule has 1 unspecified atom stereocenters. The van der Waals surface area contributed by atoms with Crippen LogP contribution in [0.25, 0.3) is 0 Å². The van der Waals surface area contributed by atoms with E-state index in [1.54, 1.807) is 0 Å². The zero-order valence-electron chi connectivity index (χ0n) is 8.09. The van der Waals surface area contributed by atoms with Crippen molar-refractivity contribution in [2.45, 2.75) is 18.6 Å². The highest BCUT2D eigenvalue weighted by Crippen LogP contribution is 2.33. The first-order valence-corrected chi connectivity index (χ1v) is 4.20. The van der Waals surface area contributed by atoms with E-state index in [0.29, 0.717) is 0 Å². The summed E-state index contributed by atoms with van der Waals surface area (Å²) in [5.41, 5.74) is 0. The summed E-state index contributed by atoms with van der Waals surface area (Å²) >= 11 is 0. The third kappa shape index (κ3) is 3.16. The maximum Gasteiger partial charge on any atom is 0.413 e. The van der Waals surface area contributed by atoms with Gasteiger partial charge in [-0.25, -0.2) is 0 Å². The molecule has 10 heteroatoms. The largest absolute Gasteiger partial charge is 0.481 e. The number of hydrogen-bond donors (Lipinski definition) is 1. The van der Waals surface area contributed by atoms with Gasteiger partial charge in [-0.1, -0.05) is 0 Å². The van der Waals surface area contributed by atoms with Crippen molar-refractivity contribution in [2.75, 3.05) is 0 Å². The van der Waals surface area contributed by atoms with Gasteiger partial charge in [0.05, 0.1) is 23.8 Å². The summed E-state index contributed by atoms with van der Waals surface area (Å²) in [4.78, 5) is 19.6. The molecule has 0 aromatic carbocycles. The number of nitrogens with zero attached hydrogens (tertiary/aromatic N) is 3. The van der Waals surface area contributed by atoms with Gasteiger partial charge in [0.15, 0.2) is 6.04 Å². The van der Waals surface area contributed by atoms with E-state index in [9.17, 15) is 28.1 Å². The Kier molecular flexibility index (Phi) is 3.34. The van der Waals surface area contributed by atoms with E-state index >= 15 is 0 Å². The molecule has 1 rings (SSSR count). The van der Waals surface area contributed by atoms with Gasteiger partial charge < -0.3 is 15.2 Å². The molecule has 0 radical (unpaired) electrons. The van der Waals surface area contributed by atoms with Gasteiger partial charge in [-0.15, -0.1) is 0 Å². The van der Waals surface area contributed by atoms with Crippen molar-refractivity contribution in [3.63, 3.8) is 0 Å². The lowest BCUT2D eigenvalue weighted by atomic mass is 10.2. The van der Waals surface area contributed by atoms with Gasteiger partial charge in [0.25, 0.3) is 0 Å². The molecule has 0 aliphatic rings. The molecule has 94 valence electrons. The van der Waals surface area contributed by atoms with Crippen LogP contribution in [0.5, 0.6) is 0 Å². The van der Waals surface area contributed by atoms with Gasteiger partial charge in [0.2, 0.25) is 0 Å². The molecule has 1 N–H and O–H groups in total. The van der Waals surface area contributed by atoms with Crippen molar-refractivity contribution in [1.82, 2.24) is 9.78 Å². The van der Waals surface area contributed by atoms with E-state index in [-0.39, 0.29) is 4.68 Å². The van der Waals surface area contributed by atoms with Crippen LogP contribution < -0.4 is 0 Å². The number of rotatable bonds is 4. The number of halogens is 3. The Labute approximate surface area is 91.6 Å². The molecule has 0 aliphatic carbocycles. The molecule has 0 spiro atoms. The Morgan fingerprint density at radius 2 is 2.24 bits per heavy atom. The minimum atomic E-state index is -4.85. The molecule has 0 fully saturated rings. The molecule has 1 aromatic heterocycles. The standard InChI is InChI=1S/C7H6F3N3O4/c8-7(9,10)4(3-6(14)15)12-2-1-5(11-12)13(16)17/h1-2,4H,3H2,(H,14,15). The second kappa shape index (κ2) is 4.39. The molecule has 1 heterocycles. The lowest BCUT2D eigenvalue weighted by Gasteiger charge is -2.15. The SMILES string of the molecule is O=C(O)CC(n1ccc([N+](=O)[O-])n1)C(F)(F)F. The van der Waals surface area contributed by atoms with Gasteiger partial charge in [-0.05, 0) is 4.92 Å². The molecule has 1 aromatic rings. The quantitative estimate of drug-likeness (QED) is 0.645. The van der Waals surface area contributed by atoms with E-state index in [1.807, 2.05) is 0 Å². The van der Waals surface area contributed by atoms with Gasteiger partial charge in [-0.3, -0.25) is 4.79 Å². The van der Waals surface area contributed by atoms with Crippen molar-refractivity contribution >= 4 is 11.8 Å². The van der Waals surface area contributed by atoms with Crippen molar-refractivity contribution < 1.29 is 28.0 Å². The number of carbonyl (C=O) groups is 1. The number of carboxylic acid groups (broad SMARTS) is 1. The van der Waals surface area contributed by atoms with Crippen LogP contribution >= 0.6 is 0 Å². The summed E-state index contributed by atoms with van der Waals surface area (Å²) in [5, 5.41) is 21.7. The van der Waals surface area contributed by atoms with Gasteiger partial charge >= 0.3 is 18.0 Å². The maximum atomic E-state index is 12.5. The predicted octanol–water partition coefficient (Wildman–Crippen LogP) is 1.37. The number of hydrogen-bond acceptors (Lipinski definition) is 4. The summed E-state index contributed by atoms with van der Waals surface area (Å²) in [6, 6.07) is -1.66. The van der Waals surface area contributed by atoms with Crippen LogP contribution in [-0.2, 0) is 4.79 Å². The Morgan fingerprint density at radius 3 is 2.59 bits per heavy atom. The molecule has 0 aliphatic heterocycles. The van der Waals surface area contributed by atoms with Crippen LogP contribution in [0, 0.1) is 10.1 Å². The Balaban J connectivity index is 3.04. The fourth-order valence-electron chi connectivity index (χ4n) is 1.12. The fraction of sp³-hybridized carbons (Fsp3) is 0.429. The van der Waals surface area contributed by atoms with Gasteiger partial charge in [0, 0.05) is 0 Å². The third-order valence-electron chi connectivity index (χ3n) is 1.85. The molecule has 0 bridgehead atoms. The highest BCUT2D eigenvalue weighted by molar-refractivity contribution is 5.67. The topological polar surface area (TPSA) is 98.3 Å². The highest BCUT2D eigenvalue weighted by atomic mass is 19.4. The third-order valence-corrected chi connectivity index (χ3v) is 1.85. The number of carboxylic acids is 1. The maximum absolute atomic E-state index is 12.5. The smallest absolute Gasteiger partial charge is 0.413 e. The average Bonchev–Trinajstić information content (AvgIpc) is 2.60. The Morgan fingerprint density at radius 1 is 1.65 bits per heavy atom. The second-order valence-electron chi connectivity index (χ2n) is 3.07. The zero-order valence-corrected chi connectivity index (χ0v) is 8.09. The zero-order chi connectivity index (χ0) is 13.2. The Hall–Kier alpha value is -2.13. The molecule has 0 saturated heterocycles. The average molecular weight is 253 g/mol. The van der Waals surface area contributed by atoms with E-state index in [0.717, 1.165) is 12.3 Å². The van der Waals surface area contributed by atoms with Crippen LogP contribution in [0.1, 0.15) is 12.5 Å². The summed E-state index contributed by atoms with van der Waals surface area (Å²) in [7, 11) is 0. The van der Waals surface area contributed by atoms with E-state index in [4.69, 9.17) is 5.11 Å². The molecular formula is C7H6F3N3O4. The van der Waals surface area contributed by atoms with Crippen LogP contribution in [0.2, 0.25) is 0 Å². The molecule has 1 atom stereocenters. The summed E-state index contributed by atoms with van der Waals surface area (Å²) < 4.78 is 37.7. The summed E-state index contributed by atoms with van der Waals surface area (Å²) in [5.74, 6) is -2.45. The van der Waals surface area contributed by atoms with Crippen LogP contribution in [-0.4, -0.2) is 32.0 Å². The van der Waals surface area contributed by atoms with Crippen molar-refractivity contribution in [1.29, 1.82) is 0 Å². The van der Waals surface area contributed by atoms with Crippen molar-refractivity contribution in [3.8, 4) is 0 Å². The minimum absolute atomic E-state index is 0.228. The highest BCUT2D eigenvalue weighted by Gasteiger charge is 2.45. The lowest BCUT2D eigenvalue weighted by molar-refractivity contribution is -0.390. The molecular weight excluding hydrogens is 247 g/mol. The molecule has 0 saturated carbocycles. The minimum Gasteiger partial charge on any atom is -0.481 e. The second-order valence-corrected chi connectivity index (χ2v) is 3.07. The van der Waals surface area contributed by atoms with Crippen LogP contribution in [0.15, 0.2) is 12.3 Å². The number of aromatic nitrogens is 2. The first kappa shape index (κ1) is 12.9. The molecule has 0 amide bonds. The van der Waals surface area contributed by atoms with Crippen LogP contribution in [0.3, 0.4) is 0 Å². The van der Waals surface area contributed by atoms with E-state index in [1.165, 1.54) is 0 Å². The first-order valence-electron chi connectivity index (χ1n) is 4.20.